The van der Waals surface area contributed by atoms with E-state index in [1.54, 1.807) is 17.0 Å². The van der Waals surface area contributed by atoms with Gasteiger partial charge >= 0.3 is 0 Å². The summed E-state index contributed by atoms with van der Waals surface area (Å²) < 4.78 is 0. The van der Waals surface area contributed by atoms with Crippen LogP contribution in [0, 0.1) is 13.8 Å². The van der Waals surface area contributed by atoms with Crippen molar-refractivity contribution in [1.29, 1.82) is 0 Å². The molecule has 0 aliphatic carbocycles. The van der Waals surface area contributed by atoms with Gasteiger partial charge in [0.1, 0.15) is 0 Å². The van der Waals surface area contributed by atoms with Crippen LogP contribution in [0.1, 0.15) is 35.3 Å². The Kier molecular flexibility index (Phi) is 6.78. The fraction of sp³-hybridized carbons (Fsp3) is 0.333. The lowest BCUT2D eigenvalue weighted by atomic mass is 10.1. The molecule has 138 valence electrons. The van der Waals surface area contributed by atoms with E-state index in [9.17, 15) is 9.59 Å². The van der Waals surface area contributed by atoms with Gasteiger partial charge in [-0.15, -0.1) is 0 Å². The quantitative estimate of drug-likeness (QED) is 0.795. The van der Waals surface area contributed by atoms with E-state index in [1.807, 2.05) is 58.0 Å². The van der Waals surface area contributed by atoms with Gasteiger partial charge in [0.25, 0.3) is 5.91 Å². The van der Waals surface area contributed by atoms with Gasteiger partial charge in [-0.25, -0.2) is 0 Å². The number of aryl methyl sites for hydroxylation is 2. The SMILES string of the molecule is CCN(CC)C(=O)c1ccc(NCC(=O)Nc2ccc(C)cc2C)cc1. The molecule has 2 aromatic carbocycles. The Morgan fingerprint density at radius 3 is 2.19 bits per heavy atom. The maximum Gasteiger partial charge on any atom is 0.253 e. The first-order valence-electron chi connectivity index (χ1n) is 8.95. The normalized spacial score (nSPS) is 10.3. The molecule has 5 nitrogen and oxygen atoms in total. The average molecular weight is 353 g/mol. The molecule has 0 radical (unpaired) electrons. The molecule has 26 heavy (non-hydrogen) atoms. The fourth-order valence-electron chi connectivity index (χ4n) is 2.75. The van der Waals surface area contributed by atoms with Crippen LogP contribution in [-0.4, -0.2) is 36.3 Å². The third-order valence-corrected chi connectivity index (χ3v) is 4.29. The Labute approximate surface area is 155 Å². The molecule has 2 aromatic rings. The summed E-state index contributed by atoms with van der Waals surface area (Å²) in [7, 11) is 0. The highest BCUT2D eigenvalue weighted by Gasteiger charge is 2.12. The van der Waals surface area contributed by atoms with Crippen LogP contribution in [0.25, 0.3) is 0 Å². The maximum atomic E-state index is 12.3. The van der Waals surface area contributed by atoms with Gasteiger partial charge in [0.2, 0.25) is 5.91 Å². The molecule has 0 bridgehead atoms. The van der Waals surface area contributed by atoms with E-state index in [-0.39, 0.29) is 18.4 Å². The first-order chi connectivity index (χ1) is 12.4. The topological polar surface area (TPSA) is 61.4 Å². The Bertz CT molecular complexity index is 765. The van der Waals surface area contributed by atoms with Crippen molar-refractivity contribution < 1.29 is 9.59 Å². The standard InChI is InChI=1S/C21H27N3O2/c1-5-24(6-2)21(26)17-8-10-18(11-9-17)22-14-20(25)23-19-12-7-15(3)13-16(19)4/h7-13,22H,5-6,14H2,1-4H3,(H,23,25). The summed E-state index contributed by atoms with van der Waals surface area (Å²) in [6.07, 6.45) is 0. The highest BCUT2D eigenvalue weighted by Crippen LogP contribution is 2.16. The average Bonchev–Trinajstić information content (AvgIpc) is 2.63. The van der Waals surface area contributed by atoms with Crippen LogP contribution in [-0.2, 0) is 4.79 Å². The number of hydrogen-bond acceptors (Lipinski definition) is 3. The minimum Gasteiger partial charge on any atom is -0.376 e. The lowest BCUT2D eigenvalue weighted by molar-refractivity contribution is -0.114. The monoisotopic (exact) mass is 353 g/mol. The van der Waals surface area contributed by atoms with E-state index in [2.05, 4.69) is 10.6 Å². The van der Waals surface area contributed by atoms with Gasteiger partial charge in [-0.1, -0.05) is 17.7 Å². The third-order valence-electron chi connectivity index (χ3n) is 4.29. The summed E-state index contributed by atoms with van der Waals surface area (Å²) >= 11 is 0. The molecule has 0 spiro atoms. The van der Waals surface area contributed by atoms with Crippen LogP contribution in [0.3, 0.4) is 0 Å². The van der Waals surface area contributed by atoms with Crippen molar-refractivity contribution in [3.63, 3.8) is 0 Å². The van der Waals surface area contributed by atoms with Gasteiger partial charge in [-0.3, -0.25) is 9.59 Å². The van der Waals surface area contributed by atoms with E-state index in [0.29, 0.717) is 18.7 Å². The molecule has 0 aliphatic rings. The van der Waals surface area contributed by atoms with Crippen molar-refractivity contribution in [3.05, 3.63) is 59.2 Å². The minimum absolute atomic E-state index is 0.0224. The molecule has 5 heteroatoms. The number of benzene rings is 2. The van der Waals surface area contributed by atoms with Crippen molar-refractivity contribution in [2.24, 2.45) is 0 Å². The van der Waals surface area contributed by atoms with Gasteiger partial charge < -0.3 is 15.5 Å². The number of carbonyl (C=O) groups excluding carboxylic acids is 2. The second-order valence-electron chi connectivity index (χ2n) is 6.27. The Balaban J connectivity index is 1.91. The van der Waals surface area contributed by atoms with Gasteiger partial charge in [0.05, 0.1) is 6.54 Å². The summed E-state index contributed by atoms with van der Waals surface area (Å²) in [6.45, 7) is 9.46. The lowest BCUT2D eigenvalue weighted by Gasteiger charge is -2.18. The molecular formula is C21H27N3O2. The van der Waals surface area contributed by atoms with Gasteiger partial charge in [-0.2, -0.15) is 0 Å². The third kappa shape index (κ3) is 5.09. The zero-order chi connectivity index (χ0) is 19.1. The molecule has 0 atom stereocenters. The fourth-order valence-corrected chi connectivity index (χ4v) is 2.75. The van der Waals surface area contributed by atoms with E-state index in [1.165, 1.54) is 0 Å². The van der Waals surface area contributed by atoms with Crippen molar-refractivity contribution in [2.75, 3.05) is 30.3 Å². The second-order valence-corrected chi connectivity index (χ2v) is 6.27. The summed E-state index contributed by atoms with van der Waals surface area (Å²) in [5.74, 6) is -0.0885. The van der Waals surface area contributed by atoms with Crippen LogP contribution < -0.4 is 10.6 Å². The molecular weight excluding hydrogens is 326 g/mol. The maximum absolute atomic E-state index is 12.3. The van der Waals surface area contributed by atoms with Crippen molar-refractivity contribution in [1.82, 2.24) is 4.90 Å². The zero-order valence-corrected chi connectivity index (χ0v) is 15.9. The molecule has 2 N–H and O–H groups in total. The van der Waals surface area contributed by atoms with E-state index < -0.39 is 0 Å². The first-order valence-corrected chi connectivity index (χ1v) is 8.95. The Morgan fingerprint density at radius 2 is 1.62 bits per heavy atom. The molecule has 2 amide bonds. The molecule has 0 aliphatic heterocycles. The number of rotatable bonds is 7. The number of nitrogens with zero attached hydrogens (tertiary/aromatic N) is 1. The summed E-state index contributed by atoms with van der Waals surface area (Å²) in [5, 5.41) is 5.99. The minimum atomic E-state index is -0.111. The summed E-state index contributed by atoms with van der Waals surface area (Å²) in [5.41, 5.74) is 4.48. The van der Waals surface area contributed by atoms with E-state index in [0.717, 1.165) is 22.5 Å². The first kappa shape index (κ1) is 19.5. The van der Waals surface area contributed by atoms with Crippen LogP contribution in [0.15, 0.2) is 42.5 Å². The van der Waals surface area contributed by atoms with E-state index >= 15 is 0 Å². The highest BCUT2D eigenvalue weighted by molar-refractivity contribution is 5.95. The molecule has 2 rings (SSSR count). The van der Waals surface area contributed by atoms with Crippen molar-refractivity contribution >= 4 is 23.2 Å². The Hall–Kier alpha value is -2.82. The molecule has 0 aromatic heterocycles. The zero-order valence-electron chi connectivity index (χ0n) is 15.9. The van der Waals surface area contributed by atoms with Crippen LogP contribution in [0.5, 0.6) is 0 Å². The molecule has 0 fully saturated rings. The predicted octanol–water partition coefficient (Wildman–Crippen LogP) is 3.84. The number of amides is 2. The van der Waals surface area contributed by atoms with Crippen molar-refractivity contribution in [3.8, 4) is 0 Å². The predicted molar refractivity (Wildman–Crippen MR) is 107 cm³/mol. The number of anilines is 2. The van der Waals surface area contributed by atoms with Crippen LogP contribution in [0.2, 0.25) is 0 Å². The lowest BCUT2D eigenvalue weighted by Crippen LogP contribution is -2.30. The number of nitrogens with one attached hydrogen (secondary N) is 2. The molecule has 0 saturated heterocycles. The van der Waals surface area contributed by atoms with Gasteiger partial charge in [0.15, 0.2) is 0 Å². The Morgan fingerprint density at radius 1 is 0.962 bits per heavy atom. The summed E-state index contributed by atoms with van der Waals surface area (Å²) in [6, 6.07) is 13.1. The van der Waals surface area contributed by atoms with Gasteiger partial charge in [0, 0.05) is 30.0 Å². The second kappa shape index (κ2) is 9.04. The molecule has 0 heterocycles. The van der Waals surface area contributed by atoms with Crippen molar-refractivity contribution in [2.45, 2.75) is 27.7 Å². The van der Waals surface area contributed by atoms with Gasteiger partial charge in [-0.05, 0) is 63.6 Å². The van der Waals surface area contributed by atoms with E-state index in [4.69, 9.17) is 0 Å². The molecule has 0 saturated carbocycles. The number of carbonyl (C=O) groups is 2. The smallest absolute Gasteiger partial charge is 0.253 e. The van der Waals surface area contributed by atoms with Crippen LogP contribution >= 0.6 is 0 Å². The summed E-state index contributed by atoms with van der Waals surface area (Å²) in [4.78, 5) is 26.2. The number of hydrogen-bond donors (Lipinski definition) is 2. The highest BCUT2D eigenvalue weighted by atomic mass is 16.2. The molecule has 0 unspecified atom stereocenters. The largest absolute Gasteiger partial charge is 0.376 e. The van der Waals surface area contributed by atoms with Crippen LogP contribution in [0.4, 0.5) is 11.4 Å².